The number of hydrogen-bond acceptors (Lipinski definition) is 8. The normalized spacial score (nSPS) is 11.3. The molecule has 11 heteroatoms. The highest BCUT2D eigenvalue weighted by Crippen LogP contribution is 2.37. The predicted octanol–water partition coefficient (Wildman–Crippen LogP) is 6.41. The summed E-state index contributed by atoms with van der Waals surface area (Å²) in [4.78, 5) is 20.2. The van der Waals surface area contributed by atoms with Gasteiger partial charge in [0, 0.05) is 28.4 Å². The minimum absolute atomic E-state index is 0.0162. The Bertz CT molecular complexity index is 1670. The van der Waals surface area contributed by atoms with E-state index < -0.39 is 4.92 Å². The summed E-state index contributed by atoms with van der Waals surface area (Å²) in [5.41, 5.74) is 2.31. The second-order valence-electron chi connectivity index (χ2n) is 7.85. The molecule has 0 radical (unpaired) electrons. The summed E-state index contributed by atoms with van der Waals surface area (Å²) in [6.45, 7) is 0. The van der Waals surface area contributed by atoms with Crippen molar-refractivity contribution in [2.24, 2.45) is 4.99 Å². The molecule has 0 saturated heterocycles. The number of aromatic hydroxyl groups is 1. The lowest BCUT2D eigenvalue weighted by atomic mass is 10.1. The fraction of sp³-hybridized carbons (Fsp3) is 0.0769. The molecule has 2 aromatic carbocycles. The first kappa shape index (κ1) is 24.1. The van der Waals surface area contributed by atoms with Gasteiger partial charge < -0.3 is 19.0 Å². The van der Waals surface area contributed by atoms with Gasteiger partial charge in [0.25, 0.3) is 5.69 Å². The van der Waals surface area contributed by atoms with Crippen molar-refractivity contribution in [1.29, 1.82) is 0 Å². The molecule has 0 bridgehead atoms. The number of imidazole rings is 1. The van der Waals surface area contributed by atoms with E-state index in [1.54, 1.807) is 30.5 Å². The molecule has 0 spiro atoms. The number of phenolic OH excluding ortho intramolecular Hbond substituents is 1. The molecule has 3 aromatic heterocycles. The minimum atomic E-state index is -0.475. The average Bonchev–Trinajstić information content (AvgIpc) is 3.51. The van der Waals surface area contributed by atoms with Gasteiger partial charge in [-0.3, -0.25) is 14.5 Å². The third kappa shape index (κ3) is 4.64. The Labute approximate surface area is 218 Å². The molecule has 37 heavy (non-hydrogen) atoms. The summed E-state index contributed by atoms with van der Waals surface area (Å²) in [6.07, 6.45) is 3.39. The predicted molar refractivity (Wildman–Crippen MR) is 141 cm³/mol. The second-order valence-corrected chi connectivity index (χ2v) is 8.76. The van der Waals surface area contributed by atoms with Crippen LogP contribution in [0.4, 0.5) is 11.5 Å². The Morgan fingerprint density at radius 2 is 1.89 bits per heavy atom. The van der Waals surface area contributed by atoms with Crippen molar-refractivity contribution in [3.8, 4) is 39.8 Å². The van der Waals surface area contributed by atoms with E-state index in [4.69, 9.17) is 18.9 Å². The number of methoxy groups -OCH3 is 2. The maximum atomic E-state index is 11.2. The molecule has 0 aliphatic rings. The van der Waals surface area contributed by atoms with Crippen LogP contribution in [0.5, 0.6) is 17.2 Å². The lowest BCUT2D eigenvalue weighted by molar-refractivity contribution is -0.384. The van der Waals surface area contributed by atoms with Crippen LogP contribution in [0.15, 0.2) is 80.7 Å². The van der Waals surface area contributed by atoms with Crippen LogP contribution in [0, 0.1) is 10.1 Å². The summed E-state index contributed by atoms with van der Waals surface area (Å²) in [7, 11) is 2.96. The number of nitrogens with zero attached hydrogens (tertiary/aromatic N) is 4. The van der Waals surface area contributed by atoms with Gasteiger partial charge in [0.05, 0.1) is 30.9 Å². The van der Waals surface area contributed by atoms with Crippen LogP contribution >= 0.6 is 15.9 Å². The number of nitro benzene ring substituents is 1. The number of aromatic nitrogens is 2. The van der Waals surface area contributed by atoms with E-state index in [-0.39, 0.29) is 11.4 Å². The number of nitro groups is 1. The summed E-state index contributed by atoms with van der Waals surface area (Å²) < 4.78 is 19.2. The molecule has 5 rings (SSSR count). The number of rotatable bonds is 7. The first-order valence-electron chi connectivity index (χ1n) is 10.9. The van der Waals surface area contributed by atoms with E-state index in [0.717, 1.165) is 4.47 Å². The van der Waals surface area contributed by atoms with Gasteiger partial charge in [-0.15, -0.1) is 0 Å². The molecule has 0 saturated carbocycles. The number of benzene rings is 2. The van der Waals surface area contributed by atoms with Gasteiger partial charge in [0.2, 0.25) is 0 Å². The van der Waals surface area contributed by atoms with Crippen molar-refractivity contribution in [1.82, 2.24) is 9.38 Å². The zero-order valence-corrected chi connectivity index (χ0v) is 21.2. The number of halogens is 1. The van der Waals surface area contributed by atoms with Crippen molar-refractivity contribution in [2.75, 3.05) is 14.2 Å². The summed E-state index contributed by atoms with van der Waals surface area (Å²) in [5.74, 6) is 2.11. The minimum Gasteiger partial charge on any atom is -0.504 e. The molecule has 5 aromatic rings. The van der Waals surface area contributed by atoms with Gasteiger partial charge in [0.1, 0.15) is 28.6 Å². The first-order valence-corrected chi connectivity index (χ1v) is 11.7. The van der Waals surface area contributed by atoms with Crippen LogP contribution in [0.2, 0.25) is 0 Å². The van der Waals surface area contributed by atoms with Crippen molar-refractivity contribution in [3.63, 3.8) is 0 Å². The SMILES string of the molecule is COc1cc(-c2nc3ccc(Br)cn3c2N=Cc2ccc(-c3cc([N+](=O)[O-])ccc3OC)o2)ccc1O. The zero-order chi connectivity index (χ0) is 26.1. The number of fused-ring (bicyclic) bond motifs is 1. The molecule has 3 heterocycles. The molecule has 0 aliphatic carbocycles. The Kier molecular flexibility index (Phi) is 6.36. The first-order chi connectivity index (χ1) is 17.9. The molecular weight excluding hydrogens is 544 g/mol. The highest BCUT2D eigenvalue weighted by atomic mass is 79.9. The van der Waals surface area contributed by atoms with E-state index in [2.05, 4.69) is 20.9 Å². The smallest absolute Gasteiger partial charge is 0.270 e. The van der Waals surface area contributed by atoms with E-state index >= 15 is 0 Å². The van der Waals surface area contributed by atoms with Gasteiger partial charge in [-0.25, -0.2) is 9.98 Å². The number of non-ortho nitro benzene ring substituents is 1. The van der Waals surface area contributed by atoms with Gasteiger partial charge >= 0.3 is 0 Å². The number of hydrogen-bond donors (Lipinski definition) is 1. The van der Waals surface area contributed by atoms with Crippen molar-refractivity contribution >= 4 is 39.3 Å². The van der Waals surface area contributed by atoms with Crippen molar-refractivity contribution in [3.05, 3.63) is 87.2 Å². The Morgan fingerprint density at radius 3 is 2.65 bits per heavy atom. The number of ether oxygens (including phenoxy) is 2. The fourth-order valence-electron chi connectivity index (χ4n) is 3.84. The van der Waals surface area contributed by atoms with Crippen molar-refractivity contribution < 1.29 is 23.9 Å². The summed E-state index contributed by atoms with van der Waals surface area (Å²) in [6, 6.07) is 16.4. The van der Waals surface area contributed by atoms with Gasteiger partial charge in [-0.2, -0.15) is 0 Å². The van der Waals surface area contributed by atoms with E-state index in [1.165, 1.54) is 38.5 Å². The van der Waals surface area contributed by atoms with Gasteiger partial charge in [-0.05, 0) is 64.5 Å². The lowest BCUT2D eigenvalue weighted by Crippen LogP contribution is -1.91. The Balaban J connectivity index is 1.57. The highest BCUT2D eigenvalue weighted by Gasteiger charge is 2.18. The Hall–Kier alpha value is -4.64. The quantitative estimate of drug-likeness (QED) is 0.138. The fourth-order valence-corrected chi connectivity index (χ4v) is 4.18. The average molecular weight is 563 g/mol. The second kappa shape index (κ2) is 9.78. The zero-order valence-electron chi connectivity index (χ0n) is 19.6. The topological polar surface area (TPSA) is 125 Å². The molecular formula is C26H19BrN4O6. The third-order valence-corrected chi connectivity index (χ3v) is 6.08. The molecule has 0 unspecified atom stereocenters. The summed E-state index contributed by atoms with van der Waals surface area (Å²) in [5, 5.41) is 21.3. The van der Waals surface area contributed by atoms with E-state index in [1.807, 2.05) is 22.7 Å². The molecule has 1 N–H and O–H groups in total. The molecule has 186 valence electrons. The maximum Gasteiger partial charge on any atom is 0.270 e. The lowest BCUT2D eigenvalue weighted by Gasteiger charge is -2.06. The van der Waals surface area contributed by atoms with Crippen LogP contribution in [0.25, 0.3) is 28.2 Å². The third-order valence-electron chi connectivity index (χ3n) is 5.61. The maximum absolute atomic E-state index is 11.2. The monoisotopic (exact) mass is 562 g/mol. The van der Waals surface area contributed by atoms with E-state index in [0.29, 0.717) is 51.3 Å². The van der Waals surface area contributed by atoms with Crippen LogP contribution in [-0.2, 0) is 0 Å². The highest BCUT2D eigenvalue weighted by molar-refractivity contribution is 9.10. The van der Waals surface area contributed by atoms with Gasteiger partial charge in [0.15, 0.2) is 17.3 Å². The molecule has 10 nitrogen and oxygen atoms in total. The van der Waals surface area contributed by atoms with Crippen molar-refractivity contribution in [2.45, 2.75) is 0 Å². The standard InChI is InChI=1S/C26H19BrN4O6/c1-35-21-8-5-17(31(33)34)12-19(21)22-9-6-18(37-22)13-28-26-25(15-3-7-20(32)23(11-15)36-2)29-24-10-4-16(27)14-30(24)26/h3-14,32H,1-2H3. The van der Waals surface area contributed by atoms with Crippen LogP contribution < -0.4 is 9.47 Å². The number of aliphatic imine (C=N–C) groups is 1. The molecule has 0 fully saturated rings. The van der Waals surface area contributed by atoms with Crippen LogP contribution in [0.3, 0.4) is 0 Å². The van der Waals surface area contributed by atoms with E-state index in [9.17, 15) is 15.2 Å². The van der Waals surface area contributed by atoms with Crippen LogP contribution in [-0.4, -0.2) is 39.8 Å². The Morgan fingerprint density at radius 1 is 1.08 bits per heavy atom. The largest absolute Gasteiger partial charge is 0.504 e. The van der Waals surface area contributed by atoms with Crippen LogP contribution in [0.1, 0.15) is 5.76 Å². The molecule has 0 atom stereocenters. The number of pyridine rings is 1. The summed E-state index contributed by atoms with van der Waals surface area (Å²) >= 11 is 3.49. The molecule has 0 aliphatic heterocycles. The van der Waals surface area contributed by atoms with Gasteiger partial charge in [-0.1, -0.05) is 0 Å². The number of furan rings is 1. The molecule has 0 amide bonds. The number of phenols is 1.